The summed E-state index contributed by atoms with van der Waals surface area (Å²) in [6.45, 7) is 2.12. The first kappa shape index (κ1) is 16.8. The predicted molar refractivity (Wildman–Crippen MR) is 95.8 cm³/mol. The van der Waals surface area contributed by atoms with Crippen molar-refractivity contribution >= 4 is 40.2 Å². The number of fused-ring (bicyclic) bond motifs is 1. The average Bonchev–Trinajstić information content (AvgIpc) is 2.84. The lowest BCUT2D eigenvalue weighted by molar-refractivity contribution is -0.141. The van der Waals surface area contributed by atoms with E-state index in [1.165, 1.54) is 12.7 Å². The van der Waals surface area contributed by atoms with E-state index in [4.69, 9.17) is 27.9 Å². The van der Waals surface area contributed by atoms with Gasteiger partial charge in [0.1, 0.15) is 12.4 Å². The summed E-state index contributed by atoms with van der Waals surface area (Å²) < 4.78 is 6.63. The maximum atomic E-state index is 11.8. The molecular weight excluding hydrogens is 347 g/mol. The molecule has 0 amide bonds. The predicted octanol–water partition coefficient (Wildman–Crippen LogP) is 4.42. The third-order valence-corrected chi connectivity index (χ3v) is 4.55. The molecule has 3 aromatic rings. The molecule has 1 aromatic heterocycles. The monoisotopic (exact) mass is 362 g/mol. The molecule has 0 saturated heterocycles. The highest BCUT2D eigenvalue weighted by Crippen LogP contribution is 2.29. The molecular formula is C18H16Cl2N2O2. The van der Waals surface area contributed by atoms with Gasteiger partial charge in [-0.3, -0.25) is 4.79 Å². The van der Waals surface area contributed by atoms with Crippen LogP contribution < -0.4 is 0 Å². The van der Waals surface area contributed by atoms with Crippen LogP contribution in [0, 0.1) is 6.92 Å². The highest BCUT2D eigenvalue weighted by Gasteiger charge is 2.16. The van der Waals surface area contributed by atoms with Crippen LogP contribution in [0.2, 0.25) is 10.0 Å². The SMILES string of the molecule is COC(=O)Cn1c(Cc2cccc(C)c2)nc2cc(Cl)c(Cl)cc21. The fourth-order valence-electron chi connectivity index (χ4n) is 2.68. The standard InChI is InChI=1S/C18H16Cl2N2O2/c1-11-4-3-5-12(6-11)7-17-21-15-8-13(19)14(20)9-16(15)22(17)10-18(23)24-2/h3-6,8-9H,7,10H2,1-2H3. The van der Waals surface area contributed by atoms with E-state index in [0.29, 0.717) is 22.0 Å². The Balaban J connectivity index is 2.10. The summed E-state index contributed by atoms with van der Waals surface area (Å²) in [7, 11) is 1.37. The first-order chi connectivity index (χ1) is 11.5. The summed E-state index contributed by atoms with van der Waals surface area (Å²) in [6, 6.07) is 11.6. The number of imidazole rings is 1. The highest BCUT2D eigenvalue weighted by atomic mass is 35.5. The molecule has 0 saturated carbocycles. The van der Waals surface area contributed by atoms with Gasteiger partial charge in [0.05, 0.1) is 28.2 Å². The molecule has 0 aliphatic rings. The Morgan fingerprint density at radius 3 is 2.67 bits per heavy atom. The van der Waals surface area contributed by atoms with E-state index in [2.05, 4.69) is 11.1 Å². The Hall–Kier alpha value is -2.04. The Kier molecular flexibility index (Phi) is 4.78. The van der Waals surface area contributed by atoms with Gasteiger partial charge in [-0.15, -0.1) is 0 Å². The van der Waals surface area contributed by atoms with E-state index in [1.54, 1.807) is 12.1 Å². The van der Waals surface area contributed by atoms with Gasteiger partial charge in [0.2, 0.25) is 0 Å². The molecule has 3 rings (SSSR count). The lowest BCUT2D eigenvalue weighted by Gasteiger charge is -2.09. The fourth-order valence-corrected chi connectivity index (χ4v) is 3.00. The van der Waals surface area contributed by atoms with Gasteiger partial charge in [-0.05, 0) is 24.6 Å². The minimum absolute atomic E-state index is 0.0755. The lowest BCUT2D eigenvalue weighted by Crippen LogP contribution is -2.14. The van der Waals surface area contributed by atoms with Gasteiger partial charge in [-0.1, -0.05) is 53.0 Å². The highest BCUT2D eigenvalue weighted by molar-refractivity contribution is 6.42. The summed E-state index contributed by atoms with van der Waals surface area (Å²) in [5, 5.41) is 0.867. The largest absolute Gasteiger partial charge is 0.468 e. The van der Waals surface area contributed by atoms with Gasteiger partial charge in [-0.25, -0.2) is 4.98 Å². The third-order valence-electron chi connectivity index (χ3n) is 3.83. The number of hydrogen-bond donors (Lipinski definition) is 0. The molecule has 0 bridgehead atoms. The van der Waals surface area contributed by atoms with Crippen LogP contribution in [0.15, 0.2) is 36.4 Å². The Morgan fingerprint density at radius 2 is 1.96 bits per heavy atom. The molecule has 0 aliphatic heterocycles. The van der Waals surface area contributed by atoms with Gasteiger partial charge >= 0.3 is 5.97 Å². The van der Waals surface area contributed by atoms with Crippen LogP contribution in [0.1, 0.15) is 17.0 Å². The van der Waals surface area contributed by atoms with Crippen molar-refractivity contribution in [3.63, 3.8) is 0 Å². The van der Waals surface area contributed by atoms with E-state index in [9.17, 15) is 4.79 Å². The van der Waals surface area contributed by atoms with Crippen LogP contribution in [0.25, 0.3) is 11.0 Å². The average molecular weight is 363 g/mol. The number of nitrogens with zero attached hydrogens (tertiary/aromatic N) is 2. The minimum atomic E-state index is -0.342. The third kappa shape index (κ3) is 3.40. The number of esters is 1. The van der Waals surface area contributed by atoms with Crippen LogP contribution in [0.4, 0.5) is 0 Å². The minimum Gasteiger partial charge on any atom is -0.468 e. The molecule has 0 spiro atoms. The number of carbonyl (C=O) groups excluding carboxylic acids is 1. The fraction of sp³-hybridized carbons (Fsp3) is 0.222. The van der Waals surface area contributed by atoms with Crippen molar-refractivity contribution in [3.8, 4) is 0 Å². The summed E-state index contributed by atoms with van der Waals surface area (Å²) >= 11 is 12.2. The van der Waals surface area contributed by atoms with Gasteiger partial charge in [0, 0.05) is 6.42 Å². The number of carbonyl (C=O) groups is 1. The van der Waals surface area contributed by atoms with E-state index in [0.717, 1.165) is 16.9 Å². The number of rotatable bonds is 4. The molecule has 0 N–H and O–H groups in total. The van der Waals surface area contributed by atoms with Crippen LogP contribution in [-0.2, 0) is 22.5 Å². The molecule has 4 nitrogen and oxygen atoms in total. The summed E-state index contributed by atoms with van der Waals surface area (Å²) in [5.41, 5.74) is 3.76. The molecule has 2 aromatic carbocycles. The molecule has 0 aliphatic carbocycles. The van der Waals surface area contributed by atoms with Crippen LogP contribution >= 0.6 is 23.2 Å². The maximum absolute atomic E-state index is 11.8. The van der Waals surface area contributed by atoms with Crippen molar-refractivity contribution in [2.45, 2.75) is 19.9 Å². The number of halogens is 2. The summed E-state index contributed by atoms with van der Waals surface area (Å²) in [4.78, 5) is 16.4. The zero-order valence-electron chi connectivity index (χ0n) is 13.3. The van der Waals surface area contributed by atoms with Crippen molar-refractivity contribution in [1.82, 2.24) is 9.55 Å². The molecule has 0 fully saturated rings. The number of benzene rings is 2. The smallest absolute Gasteiger partial charge is 0.325 e. The Labute approximate surface area is 150 Å². The quantitative estimate of drug-likeness (QED) is 0.645. The zero-order valence-corrected chi connectivity index (χ0v) is 14.9. The number of ether oxygens (including phenoxy) is 1. The van der Waals surface area contributed by atoms with Gasteiger partial charge in [0.15, 0.2) is 0 Å². The number of hydrogen-bond acceptors (Lipinski definition) is 3. The number of methoxy groups -OCH3 is 1. The topological polar surface area (TPSA) is 44.1 Å². The van der Waals surface area contributed by atoms with Gasteiger partial charge < -0.3 is 9.30 Å². The molecule has 24 heavy (non-hydrogen) atoms. The maximum Gasteiger partial charge on any atom is 0.325 e. The Bertz CT molecular complexity index is 919. The summed E-state index contributed by atoms with van der Waals surface area (Å²) in [5.74, 6) is 0.421. The lowest BCUT2D eigenvalue weighted by atomic mass is 10.1. The van der Waals surface area contributed by atoms with Crippen LogP contribution in [0.3, 0.4) is 0 Å². The van der Waals surface area contributed by atoms with Crippen molar-refractivity contribution < 1.29 is 9.53 Å². The summed E-state index contributed by atoms with van der Waals surface area (Å²) in [6.07, 6.45) is 0.600. The second-order valence-corrected chi connectivity index (χ2v) is 6.43. The molecule has 0 radical (unpaired) electrons. The van der Waals surface area contributed by atoms with Gasteiger partial charge in [0.25, 0.3) is 0 Å². The molecule has 6 heteroatoms. The first-order valence-electron chi connectivity index (χ1n) is 7.44. The molecule has 0 unspecified atom stereocenters. The van der Waals surface area contributed by atoms with E-state index in [1.807, 2.05) is 29.7 Å². The van der Waals surface area contributed by atoms with E-state index < -0.39 is 0 Å². The van der Waals surface area contributed by atoms with Crippen LogP contribution in [-0.4, -0.2) is 22.6 Å². The second-order valence-electron chi connectivity index (χ2n) is 5.61. The van der Waals surface area contributed by atoms with E-state index >= 15 is 0 Å². The first-order valence-corrected chi connectivity index (χ1v) is 8.20. The van der Waals surface area contributed by atoms with Crippen molar-refractivity contribution in [2.75, 3.05) is 7.11 Å². The normalized spacial score (nSPS) is 11.0. The van der Waals surface area contributed by atoms with Crippen molar-refractivity contribution in [2.24, 2.45) is 0 Å². The molecule has 0 atom stereocenters. The number of aromatic nitrogens is 2. The Morgan fingerprint density at radius 1 is 1.21 bits per heavy atom. The van der Waals surface area contributed by atoms with Crippen LogP contribution in [0.5, 0.6) is 0 Å². The number of aryl methyl sites for hydroxylation is 1. The molecule has 124 valence electrons. The van der Waals surface area contributed by atoms with E-state index in [-0.39, 0.29) is 12.5 Å². The van der Waals surface area contributed by atoms with Crippen molar-refractivity contribution in [1.29, 1.82) is 0 Å². The van der Waals surface area contributed by atoms with Crippen molar-refractivity contribution in [3.05, 3.63) is 63.4 Å². The zero-order chi connectivity index (χ0) is 17.3. The molecule has 1 heterocycles. The second kappa shape index (κ2) is 6.83. The van der Waals surface area contributed by atoms with Gasteiger partial charge in [-0.2, -0.15) is 0 Å².